The van der Waals surface area contributed by atoms with Crippen molar-refractivity contribution in [2.24, 2.45) is 0 Å². The van der Waals surface area contributed by atoms with Crippen LogP contribution in [0.2, 0.25) is 0 Å². The lowest BCUT2D eigenvalue weighted by Gasteiger charge is -2.22. The maximum atomic E-state index is 11.8. The first-order valence-electron chi connectivity index (χ1n) is 6.55. The Morgan fingerprint density at radius 2 is 1.95 bits per heavy atom. The van der Waals surface area contributed by atoms with Crippen molar-refractivity contribution < 1.29 is 19.4 Å². The second-order valence-electron chi connectivity index (χ2n) is 4.93. The highest BCUT2D eigenvalue weighted by molar-refractivity contribution is 5.77. The van der Waals surface area contributed by atoms with E-state index in [4.69, 9.17) is 9.47 Å². The molecular weight excluding hydrogens is 260 g/mol. The number of hydrogen-bond acceptors (Lipinski definition) is 5. The molecule has 0 bridgehead atoms. The third-order valence-corrected chi connectivity index (χ3v) is 3.27. The van der Waals surface area contributed by atoms with Gasteiger partial charge in [-0.2, -0.15) is 0 Å². The summed E-state index contributed by atoms with van der Waals surface area (Å²) in [6, 6.07) is 3.32. The van der Waals surface area contributed by atoms with Gasteiger partial charge in [0.05, 0.1) is 6.54 Å². The van der Waals surface area contributed by atoms with E-state index >= 15 is 0 Å². The van der Waals surface area contributed by atoms with Crippen LogP contribution in [0, 0.1) is 0 Å². The van der Waals surface area contributed by atoms with Crippen molar-refractivity contribution >= 4 is 5.91 Å². The Morgan fingerprint density at radius 3 is 2.55 bits per heavy atom. The highest BCUT2D eigenvalue weighted by Crippen LogP contribution is 2.37. The summed E-state index contributed by atoms with van der Waals surface area (Å²) in [4.78, 5) is 15.3. The van der Waals surface area contributed by atoms with E-state index in [9.17, 15) is 9.90 Å². The quantitative estimate of drug-likeness (QED) is 0.873. The van der Waals surface area contributed by atoms with Gasteiger partial charge in [0, 0.05) is 32.3 Å². The lowest BCUT2D eigenvalue weighted by atomic mass is 10.1. The van der Waals surface area contributed by atoms with Crippen LogP contribution in [0.3, 0.4) is 0 Å². The largest absolute Gasteiger partial charge is 0.507 e. The van der Waals surface area contributed by atoms with E-state index in [1.54, 1.807) is 31.1 Å². The fraction of sp³-hybridized carbons (Fsp3) is 0.500. The number of carbonyl (C=O) groups is 1. The zero-order valence-electron chi connectivity index (χ0n) is 12.0. The zero-order valence-corrected chi connectivity index (χ0v) is 12.0. The lowest BCUT2D eigenvalue weighted by molar-refractivity contribution is -0.130. The van der Waals surface area contributed by atoms with Gasteiger partial charge in [0.2, 0.25) is 12.7 Å². The van der Waals surface area contributed by atoms with Crippen LogP contribution in [0.15, 0.2) is 12.1 Å². The number of nitrogens with zero attached hydrogens (tertiary/aromatic N) is 2. The first-order chi connectivity index (χ1) is 9.51. The first-order valence-corrected chi connectivity index (χ1v) is 6.55. The van der Waals surface area contributed by atoms with Gasteiger partial charge >= 0.3 is 0 Å². The maximum absolute atomic E-state index is 11.8. The summed E-state index contributed by atoms with van der Waals surface area (Å²) in [7, 11) is 3.46. The Morgan fingerprint density at radius 1 is 1.30 bits per heavy atom. The number of ether oxygens (including phenoxy) is 2. The monoisotopic (exact) mass is 280 g/mol. The fourth-order valence-electron chi connectivity index (χ4n) is 1.95. The predicted molar refractivity (Wildman–Crippen MR) is 73.9 cm³/mol. The molecule has 0 radical (unpaired) electrons. The molecule has 6 nitrogen and oxygen atoms in total. The van der Waals surface area contributed by atoms with Gasteiger partial charge in [0.15, 0.2) is 11.5 Å². The van der Waals surface area contributed by atoms with Crippen molar-refractivity contribution in [3.05, 3.63) is 17.7 Å². The Balaban J connectivity index is 2.09. The van der Waals surface area contributed by atoms with Gasteiger partial charge in [0.1, 0.15) is 5.75 Å². The molecule has 0 saturated carbocycles. The number of benzene rings is 1. The number of likely N-dealkylation sites (N-methyl/N-ethyl adjacent to an activating group) is 2. The van der Waals surface area contributed by atoms with Crippen molar-refractivity contribution in [3.63, 3.8) is 0 Å². The van der Waals surface area contributed by atoms with Crippen molar-refractivity contribution in [3.8, 4) is 17.2 Å². The topological polar surface area (TPSA) is 62.2 Å². The second kappa shape index (κ2) is 6.00. The average Bonchev–Trinajstić information content (AvgIpc) is 2.84. The molecule has 1 aromatic rings. The van der Waals surface area contributed by atoms with Gasteiger partial charge in [-0.3, -0.25) is 9.69 Å². The molecule has 0 unspecified atom stereocenters. The molecule has 0 aliphatic carbocycles. The van der Waals surface area contributed by atoms with Crippen LogP contribution >= 0.6 is 0 Å². The van der Waals surface area contributed by atoms with E-state index in [0.717, 1.165) is 5.56 Å². The number of amides is 1. The smallest absolute Gasteiger partial charge is 0.236 e. The zero-order chi connectivity index (χ0) is 14.7. The van der Waals surface area contributed by atoms with Crippen molar-refractivity contribution in [2.75, 3.05) is 34.0 Å². The van der Waals surface area contributed by atoms with Crippen molar-refractivity contribution in [1.29, 1.82) is 0 Å². The van der Waals surface area contributed by atoms with Crippen molar-refractivity contribution in [2.45, 2.75) is 13.5 Å². The third-order valence-electron chi connectivity index (χ3n) is 3.27. The van der Waals surface area contributed by atoms with Crippen molar-refractivity contribution in [1.82, 2.24) is 9.80 Å². The predicted octanol–water partition coefficient (Wildman–Crippen LogP) is 1.03. The molecule has 20 heavy (non-hydrogen) atoms. The summed E-state index contributed by atoms with van der Waals surface area (Å²) >= 11 is 0. The molecule has 0 spiro atoms. The molecule has 0 aromatic heterocycles. The van der Waals surface area contributed by atoms with Gasteiger partial charge in [-0.15, -0.1) is 0 Å². The molecule has 1 aliphatic rings. The third kappa shape index (κ3) is 3.14. The average molecular weight is 280 g/mol. The molecule has 1 heterocycles. The Bertz CT molecular complexity index is 502. The molecule has 1 aliphatic heterocycles. The van der Waals surface area contributed by atoms with E-state index in [-0.39, 0.29) is 18.4 Å². The number of rotatable bonds is 5. The number of phenols is 1. The minimum Gasteiger partial charge on any atom is -0.507 e. The van der Waals surface area contributed by atoms with Gasteiger partial charge < -0.3 is 19.5 Å². The number of phenolic OH excluding ortho intramolecular Hbond substituents is 1. The van der Waals surface area contributed by atoms with Crippen LogP contribution in [0.4, 0.5) is 0 Å². The fourth-order valence-corrected chi connectivity index (χ4v) is 1.95. The van der Waals surface area contributed by atoms with Crippen LogP contribution in [0.1, 0.15) is 12.5 Å². The Hall–Kier alpha value is -1.95. The van der Waals surface area contributed by atoms with Gasteiger partial charge in [0.25, 0.3) is 0 Å². The molecule has 0 fully saturated rings. The summed E-state index contributed by atoms with van der Waals surface area (Å²) in [6.07, 6.45) is 0. The summed E-state index contributed by atoms with van der Waals surface area (Å²) in [5, 5.41) is 10.0. The molecule has 1 amide bonds. The number of carbonyl (C=O) groups excluding carboxylic acids is 1. The lowest BCUT2D eigenvalue weighted by Crippen LogP contribution is -2.36. The van der Waals surface area contributed by atoms with Crippen LogP contribution < -0.4 is 9.47 Å². The molecule has 6 heteroatoms. The standard InChI is InChI=1S/C14H20N2O4/c1-4-16(8-14(18)15(2)3)7-10-5-12-13(6-11(10)17)20-9-19-12/h5-6,17H,4,7-9H2,1-3H3. The van der Waals surface area contributed by atoms with E-state index in [2.05, 4.69) is 0 Å². The molecule has 0 atom stereocenters. The SMILES string of the molecule is CCN(CC(=O)N(C)C)Cc1cc2c(cc1O)OCO2. The van der Waals surface area contributed by atoms with E-state index in [1.807, 2.05) is 11.8 Å². The minimum absolute atomic E-state index is 0.0343. The van der Waals surface area contributed by atoms with Gasteiger partial charge in [-0.25, -0.2) is 0 Å². The van der Waals surface area contributed by atoms with Crippen LogP contribution in [0.5, 0.6) is 17.2 Å². The first kappa shape index (κ1) is 14.5. The molecule has 2 rings (SSSR count). The number of fused-ring (bicyclic) bond motifs is 1. The number of aromatic hydroxyl groups is 1. The van der Waals surface area contributed by atoms with Gasteiger partial charge in [-0.1, -0.05) is 6.92 Å². The molecule has 0 saturated heterocycles. The minimum atomic E-state index is 0.0343. The highest BCUT2D eigenvalue weighted by Gasteiger charge is 2.19. The van der Waals surface area contributed by atoms with E-state index < -0.39 is 0 Å². The molecule has 1 aromatic carbocycles. The summed E-state index contributed by atoms with van der Waals surface area (Å²) < 4.78 is 10.5. The molecule has 1 N–H and O–H groups in total. The molecule has 110 valence electrons. The van der Waals surface area contributed by atoms with Crippen LogP contribution in [0.25, 0.3) is 0 Å². The van der Waals surface area contributed by atoms with Crippen LogP contribution in [-0.2, 0) is 11.3 Å². The summed E-state index contributed by atoms with van der Waals surface area (Å²) in [5.74, 6) is 1.38. The van der Waals surface area contributed by atoms with E-state index in [0.29, 0.717) is 31.1 Å². The van der Waals surface area contributed by atoms with Crippen LogP contribution in [-0.4, -0.2) is 54.8 Å². The highest BCUT2D eigenvalue weighted by atomic mass is 16.7. The number of hydrogen-bond donors (Lipinski definition) is 1. The Kier molecular flexibility index (Phi) is 4.34. The van der Waals surface area contributed by atoms with E-state index in [1.165, 1.54) is 0 Å². The second-order valence-corrected chi connectivity index (χ2v) is 4.93. The normalized spacial score (nSPS) is 12.8. The summed E-state index contributed by atoms with van der Waals surface area (Å²) in [6.45, 7) is 3.67. The molecular formula is C14H20N2O4. The Labute approximate surface area is 118 Å². The van der Waals surface area contributed by atoms with Gasteiger partial charge in [-0.05, 0) is 12.6 Å². The summed E-state index contributed by atoms with van der Waals surface area (Å²) in [5.41, 5.74) is 0.725. The maximum Gasteiger partial charge on any atom is 0.236 e.